The molecule has 1 amide bonds. The number of quaternary nitrogens is 1. The Hall–Kier alpha value is -1.53. The average molecular weight is 265 g/mol. The van der Waals surface area contributed by atoms with Crippen molar-refractivity contribution >= 4 is 18.3 Å². The third-order valence-corrected chi connectivity index (χ3v) is 3.35. The molecule has 2 aliphatic rings. The van der Waals surface area contributed by atoms with E-state index in [1.54, 1.807) is 6.21 Å². The van der Waals surface area contributed by atoms with Crippen LogP contribution >= 0.6 is 0 Å². The molecule has 0 spiro atoms. The molecule has 104 valence electrons. The molecular formula is C13H21N4O2+. The van der Waals surface area contributed by atoms with Crippen LogP contribution in [0.15, 0.2) is 21.9 Å². The number of aliphatic imine (C=N–C) groups is 1. The fourth-order valence-corrected chi connectivity index (χ4v) is 2.11. The number of nitrogens with zero attached hydrogens (tertiary/aromatic N) is 3. The van der Waals surface area contributed by atoms with Crippen molar-refractivity contribution < 1.29 is 14.0 Å². The van der Waals surface area contributed by atoms with Crippen LogP contribution in [0.1, 0.15) is 12.8 Å². The van der Waals surface area contributed by atoms with Crippen LogP contribution < -0.4 is 5.43 Å². The highest BCUT2D eigenvalue weighted by atomic mass is 16.5. The number of ether oxygens (including phenoxy) is 1. The lowest BCUT2D eigenvalue weighted by Crippen LogP contribution is -2.55. The Kier molecular flexibility index (Phi) is 4.81. The first-order chi connectivity index (χ1) is 9.18. The first kappa shape index (κ1) is 13.9. The van der Waals surface area contributed by atoms with Gasteiger partial charge in [-0.05, 0) is 12.8 Å². The highest BCUT2D eigenvalue weighted by Gasteiger charge is 2.27. The predicted octanol–water partition coefficient (Wildman–Crippen LogP) is 0.314. The van der Waals surface area contributed by atoms with E-state index in [9.17, 15) is 4.79 Å². The number of hydrogen-bond acceptors (Lipinski definition) is 4. The molecule has 0 saturated carbocycles. The van der Waals surface area contributed by atoms with Crippen LogP contribution in [0.3, 0.4) is 0 Å². The molecule has 0 aliphatic carbocycles. The molecule has 6 nitrogen and oxygen atoms in total. The number of allylic oxidation sites excluding steroid dienone is 2. The number of rotatable bonds is 4. The molecule has 0 unspecified atom stereocenters. The molecule has 19 heavy (non-hydrogen) atoms. The zero-order valence-electron chi connectivity index (χ0n) is 11.3. The van der Waals surface area contributed by atoms with Crippen molar-refractivity contribution in [3.8, 4) is 0 Å². The van der Waals surface area contributed by atoms with Gasteiger partial charge < -0.3 is 9.22 Å². The number of nitrogens with one attached hydrogen (secondary N) is 1. The van der Waals surface area contributed by atoms with E-state index in [1.165, 1.54) is 0 Å². The molecule has 0 bridgehead atoms. The van der Waals surface area contributed by atoms with Gasteiger partial charge in [0.05, 0.1) is 32.2 Å². The van der Waals surface area contributed by atoms with Crippen molar-refractivity contribution in [2.75, 3.05) is 39.9 Å². The van der Waals surface area contributed by atoms with E-state index in [0.717, 1.165) is 31.6 Å². The van der Waals surface area contributed by atoms with Crippen molar-refractivity contribution in [3.05, 3.63) is 11.8 Å². The van der Waals surface area contributed by atoms with Crippen molar-refractivity contribution in [2.45, 2.75) is 12.8 Å². The molecule has 0 aromatic carbocycles. The van der Waals surface area contributed by atoms with Gasteiger partial charge >= 0.3 is 0 Å². The number of morpholine rings is 1. The van der Waals surface area contributed by atoms with Crippen molar-refractivity contribution in [1.82, 2.24) is 5.43 Å². The Bertz CT molecular complexity index is 409. The lowest BCUT2D eigenvalue weighted by Gasteiger charge is -2.36. The van der Waals surface area contributed by atoms with E-state index in [-0.39, 0.29) is 5.91 Å². The van der Waals surface area contributed by atoms with Gasteiger partial charge in [-0.15, -0.1) is 0 Å². The first-order valence-corrected chi connectivity index (χ1v) is 6.64. The van der Waals surface area contributed by atoms with Crippen molar-refractivity contribution in [2.24, 2.45) is 10.1 Å². The number of likely N-dealkylation sites (N-methyl/N-ethyl adjacent to an activating group) is 1. The van der Waals surface area contributed by atoms with Crippen LogP contribution in [0, 0.1) is 0 Å². The van der Waals surface area contributed by atoms with Gasteiger partial charge in [0.1, 0.15) is 13.1 Å². The van der Waals surface area contributed by atoms with E-state index in [4.69, 9.17) is 4.74 Å². The molecule has 0 radical (unpaired) electrons. The maximum Gasteiger partial charge on any atom is 0.295 e. The summed E-state index contributed by atoms with van der Waals surface area (Å²) in [6.07, 6.45) is 7.41. The molecule has 2 aliphatic heterocycles. The molecule has 0 aromatic heterocycles. The number of amides is 1. The van der Waals surface area contributed by atoms with Gasteiger partial charge in [-0.25, -0.2) is 5.43 Å². The standard InChI is InChI=1S/C13H20N4O2/c1-17(6-8-19-9-7-17)11-13(18)16-15-10-12-4-2-3-5-14-12/h4-5,10H,2-3,6-9,11H2,1H3/p+1/b15-10+. The zero-order valence-corrected chi connectivity index (χ0v) is 11.3. The third-order valence-electron chi connectivity index (χ3n) is 3.35. The van der Waals surface area contributed by atoms with E-state index in [0.29, 0.717) is 24.2 Å². The van der Waals surface area contributed by atoms with Gasteiger partial charge in [0.15, 0.2) is 6.54 Å². The van der Waals surface area contributed by atoms with Crippen LogP contribution in [0.5, 0.6) is 0 Å². The Labute approximate surface area is 113 Å². The fourth-order valence-electron chi connectivity index (χ4n) is 2.11. The fraction of sp³-hybridized carbons (Fsp3) is 0.615. The van der Waals surface area contributed by atoms with Crippen LogP contribution in [-0.4, -0.2) is 62.7 Å². The average Bonchev–Trinajstić information content (AvgIpc) is 2.40. The van der Waals surface area contributed by atoms with Gasteiger partial charge in [0.25, 0.3) is 5.91 Å². The maximum absolute atomic E-state index is 11.8. The highest BCUT2D eigenvalue weighted by Crippen LogP contribution is 2.06. The van der Waals surface area contributed by atoms with Crippen LogP contribution in [0.25, 0.3) is 0 Å². The Morgan fingerprint density at radius 2 is 2.32 bits per heavy atom. The summed E-state index contributed by atoms with van der Waals surface area (Å²) in [5, 5.41) is 3.94. The first-order valence-electron chi connectivity index (χ1n) is 6.64. The monoisotopic (exact) mass is 265 g/mol. The molecule has 0 atom stereocenters. The second-order valence-corrected chi connectivity index (χ2v) is 5.15. The Morgan fingerprint density at radius 3 is 3.00 bits per heavy atom. The van der Waals surface area contributed by atoms with Crippen LogP contribution in [0.2, 0.25) is 0 Å². The molecule has 1 fully saturated rings. The molecule has 0 aromatic rings. The molecular weight excluding hydrogens is 244 g/mol. The van der Waals surface area contributed by atoms with Crippen molar-refractivity contribution in [1.29, 1.82) is 0 Å². The SMILES string of the molecule is C[N+]1(CC(=O)N/N=C/C2=CCCC=N2)CCOCC1. The molecule has 6 heteroatoms. The Balaban J connectivity index is 1.76. The van der Waals surface area contributed by atoms with E-state index in [1.807, 2.05) is 12.3 Å². The van der Waals surface area contributed by atoms with E-state index in [2.05, 4.69) is 22.6 Å². The quantitative estimate of drug-likeness (QED) is 0.452. The lowest BCUT2D eigenvalue weighted by atomic mass is 10.2. The van der Waals surface area contributed by atoms with E-state index >= 15 is 0 Å². The minimum atomic E-state index is -0.0685. The van der Waals surface area contributed by atoms with E-state index < -0.39 is 0 Å². The van der Waals surface area contributed by atoms with Gasteiger partial charge in [-0.3, -0.25) is 9.79 Å². The molecule has 1 saturated heterocycles. The van der Waals surface area contributed by atoms with Gasteiger partial charge in [0, 0.05) is 6.21 Å². The van der Waals surface area contributed by atoms with Gasteiger partial charge in [-0.2, -0.15) is 5.10 Å². The maximum atomic E-state index is 11.8. The minimum absolute atomic E-state index is 0.0685. The summed E-state index contributed by atoms with van der Waals surface area (Å²) in [6, 6.07) is 0. The summed E-state index contributed by atoms with van der Waals surface area (Å²) < 4.78 is 6.02. The number of carbonyl (C=O) groups is 1. The molecule has 1 N–H and O–H groups in total. The smallest absolute Gasteiger partial charge is 0.295 e. The number of carbonyl (C=O) groups excluding carboxylic acids is 1. The summed E-state index contributed by atoms with van der Waals surface area (Å²) in [5.74, 6) is -0.0685. The van der Waals surface area contributed by atoms with Gasteiger partial charge in [0.2, 0.25) is 0 Å². The second-order valence-electron chi connectivity index (χ2n) is 5.15. The number of hydrazone groups is 1. The summed E-state index contributed by atoms with van der Waals surface area (Å²) in [5.41, 5.74) is 3.37. The zero-order chi connectivity index (χ0) is 13.6. The second kappa shape index (κ2) is 6.58. The third kappa shape index (κ3) is 4.57. The van der Waals surface area contributed by atoms with Crippen LogP contribution in [0.4, 0.5) is 0 Å². The highest BCUT2D eigenvalue weighted by molar-refractivity contribution is 5.84. The molecule has 2 rings (SSSR count). The summed E-state index contributed by atoms with van der Waals surface area (Å²) in [4.78, 5) is 16.0. The normalized spacial score (nSPS) is 22.3. The summed E-state index contributed by atoms with van der Waals surface area (Å²) in [7, 11) is 2.07. The van der Waals surface area contributed by atoms with Crippen LogP contribution in [-0.2, 0) is 9.53 Å². The topological polar surface area (TPSA) is 63.0 Å². The van der Waals surface area contributed by atoms with Gasteiger partial charge in [-0.1, -0.05) is 6.08 Å². The largest absolute Gasteiger partial charge is 0.370 e. The summed E-state index contributed by atoms with van der Waals surface area (Å²) >= 11 is 0. The number of hydrogen-bond donors (Lipinski definition) is 1. The Morgan fingerprint density at radius 1 is 1.53 bits per heavy atom. The summed E-state index contributed by atoms with van der Waals surface area (Å²) in [6.45, 7) is 3.60. The minimum Gasteiger partial charge on any atom is -0.370 e. The van der Waals surface area contributed by atoms with Crippen molar-refractivity contribution in [3.63, 3.8) is 0 Å². The lowest BCUT2D eigenvalue weighted by molar-refractivity contribution is -0.909. The predicted molar refractivity (Wildman–Crippen MR) is 74.0 cm³/mol. The molecule has 2 heterocycles.